The quantitative estimate of drug-likeness (QED) is 0.701. The Balaban J connectivity index is 2.44. The summed E-state index contributed by atoms with van der Waals surface area (Å²) in [6, 6.07) is 8.77. The summed E-state index contributed by atoms with van der Waals surface area (Å²) >= 11 is 0. The molecule has 1 aromatic rings. The summed E-state index contributed by atoms with van der Waals surface area (Å²) in [7, 11) is 1.72. The number of rotatable bonds is 8. The van der Waals surface area contributed by atoms with E-state index in [1.165, 1.54) is 11.3 Å². The highest BCUT2D eigenvalue weighted by molar-refractivity contribution is 5.47. The maximum Gasteiger partial charge on any atom is 0.0587 e. The van der Waals surface area contributed by atoms with E-state index in [2.05, 4.69) is 48.3 Å². The van der Waals surface area contributed by atoms with Gasteiger partial charge < -0.3 is 15.0 Å². The highest BCUT2D eigenvalue weighted by atomic mass is 16.5. The lowest BCUT2D eigenvalue weighted by molar-refractivity contribution is 0.199. The molecule has 0 heterocycles. The second kappa shape index (κ2) is 8.09. The summed E-state index contributed by atoms with van der Waals surface area (Å²) in [5.41, 5.74) is 2.62. The molecule has 1 aromatic carbocycles. The zero-order chi connectivity index (χ0) is 12.5. The Kier molecular flexibility index (Phi) is 6.67. The van der Waals surface area contributed by atoms with E-state index in [4.69, 9.17) is 4.74 Å². The number of methoxy groups -OCH3 is 1. The molecule has 0 amide bonds. The topological polar surface area (TPSA) is 24.5 Å². The van der Waals surface area contributed by atoms with Crippen molar-refractivity contribution < 1.29 is 4.74 Å². The van der Waals surface area contributed by atoms with Crippen LogP contribution in [0.5, 0.6) is 0 Å². The van der Waals surface area contributed by atoms with Crippen molar-refractivity contribution in [3.05, 3.63) is 29.8 Å². The van der Waals surface area contributed by atoms with E-state index in [1.807, 2.05) is 0 Å². The molecule has 3 heteroatoms. The van der Waals surface area contributed by atoms with Crippen molar-refractivity contribution in [2.24, 2.45) is 0 Å². The van der Waals surface area contributed by atoms with Crippen molar-refractivity contribution in [3.8, 4) is 0 Å². The van der Waals surface area contributed by atoms with E-state index in [9.17, 15) is 0 Å². The normalized spacial score (nSPS) is 10.5. The minimum Gasteiger partial charge on any atom is -0.383 e. The fourth-order valence-corrected chi connectivity index (χ4v) is 1.82. The van der Waals surface area contributed by atoms with Gasteiger partial charge in [0.2, 0.25) is 0 Å². The molecule has 17 heavy (non-hydrogen) atoms. The Hall–Kier alpha value is -1.06. The van der Waals surface area contributed by atoms with Gasteiger partial charge in [-0.05, 0) is 31.5 Å². The highest BCUT2D eigenvalue weighted by Crippen LogP contribution is 2.14. The van der Waals surface area contributed by atoms with E-state index in [1.54, 1.807) is 7.11 Å². The molecule has 1 N–H and O–H groups in total. The summed E-state index contributed by atoms with van der Waals surface area (Å²) in [6.07, 6.45) is 0. The van der Waals surface area contributed by atoms with Gasteiger partial charge in [-0.25, -0.2) is 0 Å². The van der Waals surface area contributed by atoms with Crippen LogP contribution in [0.25, 0.3) is 0 Å². The number of anilines is 1. The SMILES string of the molecule is CCN(CC)c1ccc(CNCCOC)cc1. The van der Waals surface area contributed by atoms with Crippen LogP contribution >= 0.6 is 0 Å². The molecule has 0 saturated carbocycles. The van der Waals surface area contributed by atoms with Gasteiger partial charge in [-0.15, -0.1) is 0 Å². The summed E-state index contributed by atoms with van der Waals surface area (Å²) in [5.74, 6) is 0. The summed E-state index contributed by atoms with van der Waals surface area (Å²) in [6.45, 7) is 9.05. The van der Waals surface area contributed by atoms with Gasteiger partial charge in [-0.2, -0.15) is 0 Å². The first kappa shape index (κ1) is 14.0. The lowest BCUT2D eigenvalue weighted by Crippen LogP contribution is -2.22. The molecule has 1 rings (SSSR count). The fourth-order valence-electron chi connectivity index (χ4n) is 1.82. The van der Waals surface area contributed by atoms with E-state index in [0.29, 0.717) is 0 Å². The van der Waals surface area contributed by atoms with Gasteiger partial charge in [0.05, 0.1) is 6.61 Å². The highest BCUT2D eigenvalue weighted by Gasteiger charge is 2.00. The van der Waals surface area contributed by atoms with Gasteiger partial charge in [-0.3, -0.25) is 0 Å². The third-order valence-electron chi connectivity index (χ3n) is 2.88. The van der Waals surface area contributed by atoms with Gasteiger partial charge in [0.25, 0.3) is 0 Å². The van der Waals surface area contributed by atoms with Crippen LogP contribution in [0.4, 0.5) is 5.69 Å². The fraction of sp³-hybridized carbons (Fsp3) is 0.571. The van der Waals surface area contributed by atoms with Gasteiger partial charge in [0.1, 0.15) is 0 Å². The van der Waals surface area contributed by atoms with Gasteiger partial charge in [-0.1, -0.05) is 12.1 Å². The van der Waals surface area contributed by atoms with Crippen LogP contribution < -0.4 is 10.2 Å². The number of nitrogens with one attached hydrogen (secondary N) is 1. The Morgan fingerprint density at radius 2 is 1.76 bits per heavy atom. The summed E-state index contributed by atoms with van der Waals surface area (Å²) in [4.78, 5) is 2.35. The van der Waals surface area contributed by atoms with Crippen LogP contribution in [-0.4, -0.2) is 33.4 Å². The molecule has 0 aromatic heterocycles. The van der Waals surface area contributed by atoms with Gasteiger partial charge in [0, 0.05) is 39.0 Å². The molecule has 0 aliphatic rings. The first-order chi connectivity index (χ1) is 8.31. The first-order valence-electron chi connectivity index (χ1n) is 6.35. The second-order valence-corrected chi connectivity index (χ2v) is 4.01. The van der Waals surface area contributed by atoms with Crippen molar-refractivity contribution in [1.29, 1.82) is 0 Å². The summed E-state index contributed by atoms with van der Waals surface area (Å²) in [5, 5.41) is 3.34. The molecular weight excluding hydrogens is 212 g/mol. The van der Waals surface area contributed by atoms with E-state index in [0.717, 1.165) is 32.8 Å². The monoisotopic (exact) mass is 236 g/mol. The van der Waals surface area contributed by atoms with Crippen molar-refractivity contribution in [2.45, 2.75) is 20.4 Å². The Morgan fingerprint density at radius 1 is 1.12 bits per heavy atom. The van der Waals surface area contributed by atoms with Crippen LogP contribution in [-0.2, 0) is 11.3 Å². The smallest absolute Gasteiger partial charge is 0.0587 e. The molecule has 0 radical (unpaired) electrons. The second-order valence-electron chi connectivity index (χ2n) is 4.01. The third-order valence-corrected chi connectivity index (χ3v) is 2.88. The minimum atomic E-state index is 0.761. The third kappa shape index (κ3) is 4.75. The predicted molar refractivity (Wildman–Crippen MR) is 73.6 cm³/mol. The molecule has 0 aliphatic heterocycles. The predicted octanol–water partition coefficient (Wildman–Crippen LogP) is 2.27. The van der Waals surface area contributed by atoms with Gasteiger partial charge in [0.15, 0.2) is 0 Å². The molecule has 0 saturated heterocycles. The van der Waals surface area contributed by atoms with Gasteiger partial charge >= 0.3 is 0 Å². The molecule has 0 spiro atoms. The van der Waals surface area contributed by atoms with Crippen molar-refractivity contribution in [2.75, 3.05) is 38.3 Å². The number of ether oxygens (including phenoxy) is 1. The average molecular weight is 236 g/mol. The molecule has 3 nitrogen and oxygen atoms in total. The largest absolute Gasteiger partial charge is 0.383 e. The number of nitrogens with zero attached hydrogens (tertiary/aromatic N) is 1. The molecule has 96 valence electrons. The summed E-state index contributed by atoms with van der Waals surface area (Å²) < 4.78 is 4.99. The lowest BCUT2D eigenvalue weighted by atomic mass is 10.2. The van der Waals surface area contributed by atoms with Crippen LogP contribution in [0, 0.1) is 0 Å². The number of hydrogen-bond donors (Lipinski definition) is 1. The zero-order valence-electron chi connectivity index (χ0n) is 11.2. The van der Waals surface area contributed by atoms with Crippen LogP contribution in [0.3, 0.4) is 0 Å². The van der Waals surface area contributed by atoms with Crippen molar-refractivity contribution in [3.63, 3.8) is 0 Å². The average Bonchev–Trinajstić information content (AvgIpc) is 2.38. The minimum absolute atomic E-state index is 0.761. The Labute approximate surface area is 105 Å². The maximum atomic E-state index is 4.99. The molecular formula is C14H24N2O. The standard InChI is InChI=1S/C14H24N2O/c1-4-16(5-2)14-8-6-13(7-9-14)12-15-10-11-17-3/h6-9,15H,4-5,10-12H2,1-3H3. The number of benzene rings is 1. The lowest BCUT2D eigenvalue weighted by Gasteiger charge is -2.21. The molecule has 0 aliphatic carbocycles. The Morgan fingerprint density at radius 3 is 2.29 bits per heavy atom. The maximum absolute atomic E-state index is 4.99. The molecule has 0 bridgehead atoms. The van der Waals surface area contributed by atoms with Crippen LogP contribution in [0.2, 0.25) is 0 Å². The molecule has 0 fully saturated rings. The first-order valence-corrected chi connectivity index (χ1v) is 6.35. The van der Waals surface area contributed by atoms with Crippen LogP contribution in [0.15, 0.2) is 24.3 Å². The van der Waals surface area contributed by atoms with E-state index < -0.39 is 0 Å². The number of hydrogen-bond acceptors (Lipinski definition) is 3. The van der Waals surface area contributed by atoms with Crippen molar-refractivity contribution in [1.82, 2.24) is 5.32 Å². The zero-order valence-corrected chi connectivity index (χ0v) is 11.2. The van der Waals surface area contributed by atoms with E-state index in [-0.39, 0.29) is 0 Å². The Bertz CT molecular complexity index is 294. The molecule has 0 atom stereocenters. The van der Waals surface area contributed by atoms with E-state index >= 15 is 0 Å². The van der Waals surface area contributed by atoms with Crippen molar-refractivity contribution >= 4 is 5.69 Å². The van der Waals surface area contributed by atoms with Crippen LogP contribution in [0.1, 0.15) is 19.4 Å². The molecule has 0 unspecified atom stereocenters.